The molecule has 1 saturated carbocycles. The maximum Gasteiger partial charge on any atom is 0.272 e. The zero-order chi connectivity index (χ0) is 19.7. The molecule has 6 nitrogen and oxygen atoms in total. The molecule has 2 N–H and O–H groups in total. The number of nitrogens with zero attached hydrogens (tertiary/aromatic N) is 3. The van der Waals surface area contributed by atoms with Gasteiger partial charge in [0.1, 0.15) is 11.5 Å². The molecule has 1 atom stereocenters. The van der Waals surface area contributed by atoms with Gasteiger partial charge in [-0.25, -0.2) is 0 Å². The van der Waals surface area contributed by atoms with Crippen molar-refractivity contribution in [1.82, 2.24) is 15.2 Å². The number of anilines is 1. The van der Waals surface area contributed by atoms with Crippen molar-refractivity contribution in [3.8, 4) is 0 Å². The van der Waals surface area contributed by atoms with Crippen LogP contribution >= 0.6 is 0 Å². The molecule has 3 heterocycles. The van der Waals surface area contributed by atoms with Crippen molar-refractivity contribution in [2.45, 2.75) is 50.2 Å². The van der Waals surface area contributed by atoms with Gasteiger partial charge in [-0.3, -0.25) is 20.1 Å². The predicted octanol–water partition coefficient (Wildman–Crippen LogP) is 3.22. The number of pyridine rings is 1. The Kier molecular flexibility index (Phi) is 4.79. The van der Waals surface area contributed by atoms with Crippen LogP contribution in [0.5, 0.6) is 0 Å². The number of carbonyl (C=O) groups is 1. The number of hydrogen-bond donors (Lipinski definition) is 2. The highest BCUT2D eigenvalue weighted by Crippen LogP contribution is 2.32. The van der Waals surface area contributed by atoms with E-state index in [0.717, 1.165) is 37.3 Å². The molecule has 1 aromatic heterocycles. The van der Waals surface area contributed by atoms with E-state index in [2.05, 4.69) is 39.9 Å². The zero-order valence-corrected chi connectivity index (χ0v) is 16.6. The monoisotopic (exact) mass is 389 g/mol. The van der Waals surface area contributed by atoms with Crippen LogP contribution in [0.15, 0.2) is 53.7 Å². The lowest BCUT2D eigenvalue weighted by Gasteiger charge is -2.31. The van der Waals surface area contributed by atoms with Gasteiger partial charge < -0.3 is 10.2 Å². The van der Waals surface area contributed by atoms with Gasteiger partial charge in [-0.1, -0.05) is 37.1 Å². The van der Waals surface area contributed by atoms with Crippen LogP contribution in [0.25, 0.3) is 0 Å². The van der Waals surface area contributed by atoms with Gasteiger partial charge in [0, 0.05) is 31.5 Å². The van der Waals surface area contributed by atoms with Crippen LogP contribution in [0, 0.1) is 0 Å². The summed E-state index contributed by atoms with van der Waals surface area (Å²) in [5, 5.41) is 7.42. The van der Waals surface area contributed by atoms with E-state index in [1.165, 1.54) is 18.4 Å². The first kappa shape index (κ1) is 18.3. The van der Waals surface area contributed by atoms with E-state index in [-0.39, 0.29) is 11.4 Å². The summed E-state index contributed by atoms with van der Waals surface area (Å²) < 4.78 is 0. The summed E-state index contributed by atoms with van der Waals surface area (Å²) >= 11 is 0. The van der Waals surface area contributed by atoms with E-state index >= 15 is 0 Å². The number of amides is 1. The summed E-state index contributed by atoms with van der Waals surface area (Å²) in [4.78, 5) is 24.4. The van der Waals surface area contributed by atoms with Gasteiger partial charge in [-0.05, 0) is 43.0 Å². The summed E-state index contributed by atoms with van der Waals surface area (Å²) in [5.41, 5.74) is 2.51. The number of likely N-dealkylation sites (tertiary alicyclic amines) is 1. The fraction of sp³-hybridized carbons (Fsp3) is 0.435. The molecule has 0 unspecified atom stereocenters. The fourth-order valence-electron chi connectivity index (χ4n) is 4.74. The number of carbonyl (C=O) groups excluding carboxylic acids is 1. The van der Waals surface area contributed by atoms with Gasteiger partial charge in [0.05, 0.1) is 11.6 Å². The van der Waals surface area contributed by atoms with Crippen LogP contribution in [0.4, 0.5) is 5.69 Å². The van der Waals surface area contributed by atoms with Crippen molar-refractivity contribution < 1.29 is 4.79 Å². The van der Waals surface area contributed by atoms with Crippen LogP contribution in [0.3, 0.4) is 0 Å². The molecule has 1 spiro atoms. The molecular weight excluding hydrogens is 362 g/mol. The van der Waals surface area contributed by atoms with Gasteiger partial charge in [-0.15, -0.1) is 0 Å². The second kappa shape index (κ2) is 7.59. The number of para-hydroxylation sites is 1. The highest BCUT2D eigenvalue weighted by molar-refractivity contribution is 6.05. The lowest BCUT2D eigenvalue weighted by molar-refractivity contribution is 0.0780. The zero-order valence-electron chi connectivity index (χ0n) is 16.6. The summed E-state index contributed by atoms with van der Waals surface area (Å²) in [6, 6.07) is 14.3. The average Bonchev–Trinajstić information content (AvgIpc) is 3.40. The standard InChI is InChI=1S/C23H27N5O/c29-21(20-11-5-6-13-24-20)28-14-12-23(16-28)22(26-18-8-2-3-9-18)27-19-10-4-1-7-17(19)15-25-23/h1,4-7,10-11,13,18,25H,2-3,8-9,12,14-16H2,(H,26,27)/t23-/m1/s1. The number of benzene rings is 1. The summed E-state index contributed by atoms with van der Waals surface area (Å²) in [6.45, 7) is 2.07. The molecule has 1 amide bonds. The Hall–Kier alpha value is -2.73. The van der Waals surface area contributed by atoms with Gasteiger partial charge in [0.2, 0.25) is 0 Å². The van der Waals surface area contributed by atoms with Crippen LogP contribution in [-0.2, 0) is 6.54 Å². The molecule has 1 saturated heterocycles. The Morgan fingerprint density at radius 1 is 1.14 bits per heavy atom. The molecule has 150 valence electrons. The van der Waals surface area contributed by atoms with Gasteiger partial charge in [0.25, 0.3) is 5.91 Å². The molecule has 6 heteroatoms. The summed E-state index contributed by atoms with van der Waals surface area (Å²) in [6.07, 6.45) is 7.33. The number of rotatable bonds is 2. The van der Waals surface area contributed by atoms with Crippen molar-refractivity contribution in [3.05, 3.63) is 59.9 Å². The van der Waals surface area contributed by atoms with E-state index in [4.69, 9.17) is 4.99 Å². The molecule has 0 bridgehead atoms. The van der Waals surface area contributed by atoms with Crippen molar-refractivity contribution in [2.24, 2.45) is 4.99 Å². The Bertz CT molecular complexity index is 922. The number of amidine groups is 1. The predicted molar refractivity (Wildman–Crippen MR) is 114 cm³/mol. The Morgan fingerprint density at radius 2 is 1.97 bits per heavy atom. The molecule has 2 fully saturated rings. The number of nitrogens with one attached hydrogen (secondary N) is 2. The molecule has 2 aliphatic heterocycles. The number of aromatic nitrogens is 1. The van der Waals surface area contributed by atoms with Crippen molar-refractivity contribution in [3.63, 3.8) is 0 Å². The first-order chi connectivity index (χ1) is 14.2. The molecular formula is C23H27N5O. The normalized spacial score (nSPS) is 25.8. The third-order valence-corrected chi connectivity index (χ3v) is 6.42. The first-order valence-corrected chi connectivity index (χ1v) is 10.6. The largest absolute Gasteiger partial charge is 0.342 e. The average molecular weight is 390 g/mol. The van der Waals surface area contributed by atoms with Crippen LogP contribution < -0.4 is 10.6 Å². The van der Waals surface area contributed by atoms with Gasteiger partial charge in [-0.2, -0.15) is 0 Å². The van der Waals surface area contributed by atoms with E-state index in [9.17, 15) is 4.79 Å². The van der Waals surface area contributed by atoms with E-state index < -0.39 is 0 Å². The minimum atomic E-state index is -0.341. The molecule has 3 aliphatic rings. The van der Waals surface area contributed by atoms with Crippen molar-refractivity contribution >= 4 is 17.4 Å². The van der Waals surface area contributed by atoms with Crippen LogP contribution in [-0.4, -0.2) is 46.3 Å². The second-order valence-electron chi connectivity index (χ2n) is 8.33. The number of aliphatic imine (C=N–C) groups is 1. The maximum absolute atomic E-state index is 13.0. The molecule has 29 heavy (non-hydrogen) atoms. The number of fused-ring (bicyclic) bond motifs is 1. The van der Waals surface area contributed by atoms with Crippen LogP contribution in [0.2, 0.25) is 0 Å². The minimum absolute atomic E-state index is 0.00810. The molecule has 1 aliphatic carbocycles. The highest BCUT2D eigenvalue weighted by Gasteiger charge is 2.46. The summed E-state index contributed by atoms with van der Waals surface area (Å²) in [5.74, 6) is 0.983. The lowest BCUT2D eigenvalue weighted by Crippen LogP contribution is -2.55. The van der Waals surface area contributed by atoms with Crippen molar-refractivity contribution in [1.29, 1.82) is 0 Å². The Balaban J connectivity index is 1.46. The summed E-state index contributed by atoms with van der Waals surface area (Å²) in [7, 11) is 0. The smallest absolute Gasteiger partial charge is 0.272 e. The fourth-order valence-corrected chi connectivity index (χ4v) is 4.74. The number of hydrogen-bond acceptors (Lipinski definition) is 4. The molecule has 5 rings (SSSR count). The topological polar surface area (TPSA) is 69.6 Å². The second-order valence-corrected chi connectivity index (χ2v) is 8.33. The highest BCUT2D eigenvalue weighted by atomic mass is 16.2. The van der Waals surface area contributed by atoms with Gasteiger partial charge >= 0.3 is 0 Å². The SMILES string of the molecule is O=C(c1ccccn1)N1CC[C@]2(C1)NCc1ccccc1NC2=NC1CCCC1. The quantitative estimate of drug-likeness (QED) is 0.827. The third-order valence-electron chi connectivity index (χ3n) is 6.42. The van der Waals surface area contributed by atoms with E-state index in [1.54, 1.807) is 12.3 Å². The lowest BCUT2D eigenvalue weighted by atomic mass is 9.96. The van der Waals surface area contributed by atoms with E-state index in [1.807, 2.05) is 17.0 Å². The first-order valence-electron chi connectivity index (χ1n) is 10.6. The Labute approximate surface area is 171 Å². The van der Waals surface area contributed by atoms with Crippen LogP contribution in [0.1, 0.15) is 48.2 Å². The molecule has 0 radical (unpaired) electrons. The molecule has 1 aromatic carbocycles. The molecule has 2 aromatic rings. The maximum atomic E-state index is 13.0. The van der Waals surface area contributed by atoms with E-state index in [0.29, 0.717) is 24.8 Å². The third kappa shape index (κ3) is 3.53. The minimum Gasteiger partial charge on any atom is -0.342 e. The van der Waals surface area contributed by atoms with Crippen molar-refractivity contribution in [2.75, 3.05) is 18.4 Å². The van der Waals surface area contributed by atoms with Gasteiger partial charge in [0.15, 0.2) is 0 Å². The Morgan fingerprint density at radius 3 is 2.79 bits per heavy atom.